The van der Waals surface area contributed by atoms with E-state index in [0.717, 1.165) is 31.2 Å². The Labute approximate surface area is 167 Å². The van der Waals surface area contributed by atoms with Crippen molar-refractivity contribution in [3.8, 4) is 5.75 Å². The normalized spacial score (nSPS) is 12.3. The van der Waals surface area contributed by atoms with Gasteiger partial charge in [0.25, 0.3) is 5.91 Å². The lowest BCUT2D eigenvalue weighted by Gasteiger charge is -2.18. The molecule has 0 aliphatic rings. The zero-order chi connectivity index (χ0) is 20.7. The Morgan fingerprint density at radius 2 is 1.71 bits per heavy atom. The molecule has 1 unspecified atom stereocenters. The van der Waals surface area contributed by atoms with Crippen molar-refractivity contribution >= 4 is 27.3 Å². The number of hydrogen-bond donors (Lipinski definition) is 1. The molecule has 152 valence electrons. The molecule has 0 spiro atoms. The number of unbranched alkanes of at least 4 members (excludes halogenated alkanes) is 1. The van der Waals surface area contributed by atoms with E-state index in [1.807, 2.05) is 24.3 Å². The van der Waals surface area contributed by atoms with Gasteiger partial charge in [-0.2, -0.15) is 0 Å². The lowest BCUT2D eigenvalue weighted by atomic mass is 10.1. The van der Waals surface area contributed by atoms with Gasteiger partial charge >= 0.3 is 0 Å². The highest BCUT2D eigenvalue weighted by molar-refractivity contribution is 7.92. The minimum absolute atomic E-state index is 0.251. The maximum Gasteiger partial charge on any atom is 0.265 e. The smallest absolute Gasteiger partial charge is 0.265 e. The first kappa shape index (κ1) is 21.8. The maximum atomic E-state index is 12.4. The van der Waals surface area contributed by atoms with Crippen LogP contribution in [0, 0.1) is 0 Å². The van der Waals surface area contributed by atoms with Gasteiger partial charge in [-0.15, -0.1) is 0 Å². The summed E-state index contributed by atoms with van der Waals surface area (Å²) in [5.74, 6) is 0.238. The Morgan fingerprint density at radius 1 is 1.11 bits per heavy atom. The van der Waals surface area contributed by atoms with Gasteiger partial charge < -0.3 is 10.1 Å². The molecule has 0 saturated carbocycles. The SMILES string of the molecule is CCCCc1ccc(NC(=O)C(C)Oc2ccc(N(C)S(C)(=O)=O)cc2)cc1. The van der Waals surface area contributed by atoms with Crippen LogP contribution < -0.4 is 14.4 Å². The average Bonchev–Trinajstić information content (AvgIpc) is 2.66. The van der Waals surface area contributed by atoms with Gasteiger partial charge in [-0.05, 0) is 61.7 Å². The lowest BCUT2D eigenvalue weighted by molar-refractivity contribution is -0.122. The molecule has 0 saturated heterocycles. The van der Waals surface area contributed by atoms with Crippen LogP contribution in [0.2, 0.25) is 0 Å². The van der Waals surface area contributed by atoms with Crippen molar-refractivity contribution in [2.24, 2.45) is 0 Å². The van der Waals surface area contributed by atoms with Crippen molar-refractivity contribution in [1.29, 1.82) is 0 Å². The van der Waals surface area contributed by atoms with Crippen LogP contribution in [-0.4, -0.2) is 33.7 Å². The first-order chi connectivity index (χ1) is 13.2. The lowest BCUT2D eigenvalue weighted by Crippen LogP contribution is -2.30. The largest absolute Gasteiger partial charge is 0.481 e. The molecular weight excluding hydrogens is 376 g/mol. The Hall–Kier alpha value is -2.54. The van der Waals surface area contributed by atoms with Crippen LogP contribution in [0.1, 0.15) is 32.3 Å². The summed E-state index contributed by atoms with van der Waals surface area (Å²) in [5, 5.41) is 2.84. The minimum atomic E-state index is -3.32. The highest BCUT2D eigenvalue weighted by Crippen LogP contribution is 2.21. The second kappa shape index (κ2) is 9.59. The van der Waals surface area contributed by atoms with Crippen molar-refractivity contribution < 1.29 is 17.9 Å². The molecule has 0 aliphatic carbocycles. The molecule has 2 rings (SSSR count). The van der Waals surface area contributed by atoms with E-state index >= 15 is 0 Å². The Morgan fingerprint density at radius 3 is 2.25 bits per heavy atom. The standard InChI is InChI=1S/C21H28N2O4S/c1-5-6-7-17-8-10-18(11-9-17)22-21(24)16(2)27-20-14-12-19(13-15-20)23(3)28(4,25)26/h8-16H,5-7H2,1-4H3,(H,22,24). The number of aryl methyl sites for hydroxylation is 1. The second-order valence-corrected chi connectivity index (χ2v) is 8.79. The summed E-state index contributed by atoms with van der Waals surface area (Å²) < 4.78 is 30.0. The number of ether oxygens (including phenoxy) is 1. The highest BCUT2D eigenvalue weighted by atomic mass is 32.2. The fourth-order valence-electron chi connectivity index (χ4n) is 2.56. The van der Waals surface area contributed by atoms with Crippen LogP contribution >= 0.6 is 0 Å². The molecule has 0 fully saturated rings. The number of amides is 1. The Bertz CT molecular complexity index is 878. The number of sulfonamides is 1. The number of anilines is 2. The topological polar surface area (TPSA) is 75.7 Å². The molecule has 1 amide bonds. The number of carbonyl (C=O) groups is 1. The third kappa shape index (κ3) is 6.27. The second-order valence-electron chi connectivity index (χ2n) is 6.77. The molecule has 28 heavy (non-hydrogen) atoms. The number of benzene rings is 2. The summed E-state index contributed by atoms with van der Waals surface area (Å²) >= 11 is 0. The van der Waals surface area contributed by atoms with Crippen LogP contribution in [0.4, 0.5) is 11.4 Å². The first-order valence-corrected chi connectivity index (χ1v) is 11.2. The van der Waals surface area contributed by atoms with E-state index < -0.39 is 16.1 Å². The predicted molar refractivity (Wildman–Crippen MR) is 113 cm³/mol. The maximum absolute atomic E-state index is 12.4. The zero-order valence-corrected chi connectivity index (χ0v) is 17.6. The number of nitrogens with zero attached hydrogens (tertiary/aromatic N) is 1. The summed E-state index contributed by atoms with van der Waals surface area (Å²) in [6.07, 6.45) is 3.78. The van der Waals surface area contributed by atoms with E-state index in [2.05, 4.69) is 12.2 Å². The third-order valence-electron chi connectivity index (χ3n) is 4.42. The molecule has 7 heteroatoms. The number of carbonyl (C=O) groups excluding carboxylic acids is 1. The number of nitrogens with one attached hydrogen (secondary N) is 1. The van der Waals surface area contributed by atoms with Crippen molar-refractivity contribution in [3.05, 3.63) is 54.1 Å². The van der Waals surface area contributed by atoms with E-state index in [0.29, 0.717) is 11.4 Å². The van der Waals surface area contributed by atoms with Gasteiger partial charge in [0.2, 0.25) is 10.0 Å². The monoisotopic (exact) mass is 404 g/mol. The zero-order valence-electron chi connectivity index (χ0n) is 16.8. The van der Waals surface area contributed by atoms with E-state index in [4.69, 9.17) is 4.74 Å². The summed E-state index contributed by atoms with van der Waals surface area (Å²) in [4.78, 5) is 12.4. The van der Waals surface area contributed by atoms with E-state index in [1.54, 1.807) is 31.2 Å². The van der Waals surface area contributed by atoms with E-state index in [-0.39, 0.29) is 5.91 Å². The Kier molecular flexibility index (Phi) is 7.45. The summed E-state index contributed by atoms with van der Waals surface area (Å²) in [5.41, 5.74) is 2.50. The summed E-state index contributed by atoms with van der Waals surface area (Å²) in [6.45, 7) is 3.83. The van der Waals surface area contributed by atoms with Crippen molar-refractivity contribution in [2.45, 2.75) is 39.2 Å². The van der Waals surface area contributed by atoms with E-state index in [1.165, 1.54) is 16.9 Å². The molecule has 2 aromatic carbocycles. The molecule has 0 radical (unpaired) electrons. The van der Waals surface area contributed by atoms with Crippen LogP contribution in [0.5, 0.6) is 5.75 Å². The average molecular weight is 405 g/mol. The van der Waals surface area contributed by atoms with Crippen molar-refractivity contribution in [3.63, 3.8) is 0 Å². The summed E-state index contributed by atoms with van der Waals surface area (Å²) in [6, 6.07) is 14.4. The van der Waals surface area contributed by atoms with Gasteiger partial charge in [-0.1, -0.05) is 25.5 Å². The van der Waals surface area contributed by atoms with Crippen molar-refractivity contribution in [1.82, 2.24) is 0 Å². The van der Waals surface area contributed by atoms with Gasteiger partial charge in [-0.25, -0.2) is 8.42 Å². The van der Waals surface area contributed by atoms with Gasteiger partial charge in [0, 0.05) is 12.7 Å². The number of rotatable bonds is 9. The molecular formula is C21H28N2O4S. The molecule has 6 nitrogen and oxygen atoms in total. The molecule has 2 aromatic rings. The molecule has 0 heterocycles. The quantitative estimate of drug-likeness (QED) is 0.689. The van der Waals surface area contributed by atoms with Crippen LogP contribution in [0.3, 0.4) is 0 Å². The molecule has 0 aromatic heterocycles. The first-order valence-electron chi connectivity index (χ1n) is 9.31. The molecule has 0 aliphatic heterocycles. The molecule has 0 bridgehead atoms. The van der Waals surface area contributed by atoms with Crippen LogP contribution in [0.25, 0.3) is 0 Å². The van der Waals surface area contributed by atoms with Crippen molar-refractivity contribution in [2.75, 3.05) is 22.9 Å². The van der Waals surface area contributed by atoms with Gasteiger partial charge in [0.1, 0.15) is 5.75 Å². The third-order valence-corrected chi connectivity index (χ3v) is 5.63. The number of hydrogen-bond acceptors (Lipinski definition) is 4. The molecule has 1 N–H and O–H groups in total. The minimum Gasteiger partial charge on any atom is -0.481 e. The van der Waals surface area contributed by atoms with Gasteiger partial charge in [0.05, 0.1) is 11.9 Å². The van der Waals surface area contributed by atoms with Crippen LogP contribution in [0.15, 0.2) is 48.5 Å². The van der Waals surface area contributed by atoms with E-state index in [9.17, 15) is 13.2 Å². The van der Waals surface area contributed by atoms with Crippen LogP contribution in [-0.2, 0) is 21.2 Å². The fourth-order valence-corrected chi connectivity index (χ4v) is 3.07. The summed E-state index contributed by atoms with van der Waals surface area (Å²) in [7, 11) is -1.84. The molecule has 1 atom stereocenters. The van der Waals surface area contributed by atoms with Gasteiger partial charge in [-0.3, -0.25) is 9.10 Å². The Balaban J connectivity index is 1.93. The van der Waals surface area contributed by atoms with Gasteiger partial charge in [0.15, 0.2) is 6.10 Å². The predicted octanol–water partition coefficient (Wildman–Crippen LogP) is 3.83. The fraction of sp³-hybridized carbons (Fsp3) is 0.381. The highest BCUT2D eigenvalue weighted by Gasteiger charge is 2.16.